The van der Waals surface area contributed by atoms with Crippen molar-refractivity contribution in [2.45, 2.75) is 45.4 Å². The van der Waals surface area contributed by atoms with E-state index in [1.54, 1.807) is 17.8 Å². The number of aromatic carboxylic acids is 1. The predicted molar refractivity (Wildman–Crippen MR) is 62.6 cm³/mol. The summed E-state index contributed by atoms with van der Waals surface area (Å²) in [6.07, 6.45) is 7.03. The summed E-state index contributed by atoms with van der Waals surface area (Å²) < 4.78 is 1.67. The van der Waals surface area contributed by atoms with Crippen molar-refractivity contribution in [3.8, 4) is 0 Å². The largest absolute Gasteiger partial charge is 0.476 e. The van der Waals surface area contributed by atoms with E-state index >= 15 is 0 Å². The van der Waals surface area contributed by atoms with E-state index in [2.05, 4.69) is 12.0 Å². The van der Waals surface area contributed by atoms with Gasteiger partial charge < -0.3 is 5.11 Å². The third-order valence-electron chi connectivity index (χ3n) is 2.73. The van der Waals surface area contributed by atoms with Gasteiger partial charge in [-0.2, -0.15) is 5.10 Å². The van der Waals surface area contributed by atoms with Crippen LogP contribution in [0.1, 0.15) is 55.2 Å². The molecule has 1 heterocycles. The Morgan fingerprint density at radius 1 is 1.38 bits per heavy atom. The highest BCUT2D eigenvalue weighted by molar-refractivity contribution is 5.85. The van der Waals surface area contributed by atoms with Crippen LogP contribution in [0.5, 0.6) is 0 Å². The van der Waals surface area contributed by atoms with Crippen LogP contribution in [0.25, 0.3) is 0 Å². The van der Waals surface area contributed by atoms with E-state index in [9.17, 15) is 4.79 Å². The number of aryl methyl sites for hydroxylation is 2. The van der Waals surface area contributed by atoms with Crippen LogP contribution >= 0.6 is 0 Å². The summed E-state index contributed by atoms with van der Waals surface area (Å²) in [5.41, 5.74) is 1.15. The van der Waals surface area contributed by atoms with Crippen LogP contribution in [0.2, 0.25) is 0 Å². The Balaban J connectivity index is 2.39. The second-order valence-corrected chi connectivity index (χ2v) is 4.11. The molecule has 1 aromatic rings. The SMILES string of the molecule is CCCCCCCc1cc(C(=O)O)nn1C. The molecule has 0 unspecified atom stereocenters. The molecule has 0 aliphatic heterocycles. The minimum Gasteiger partial charge on any atom is -0.476 e. The summed E-state index contributed by atoms with van der Waals surface area (Å²) in [5.74, 6) is -0.951. The molecule has 0 aliphatic carbocycles. The van der Waals surface area contributed by atoms with Crippen molar-refractivity contribution in [2.24, 2.45) is 7.05 Å². The highest BCUT2D eigenvalue weighted by Gasteiger charge is 2.10. The molecule has 1 N–H and O–H groups in total. The first kappa shape index (κ1) is 12.7. The summed E-state index contributed by atoms with van der Waals surface area (Å²) in [6, 6.07) is 1.67. The number of carboxylic acid groups (broad SMARTS) is 1. The Bertz CT molecular complexity index is 345. The van der Waals surface area contributed by atoms with E-state index in [1.807, 2.05) is 0 Å². The molecule has 1 aromatic heterocycles. The molecular formula is C12H20N2O2. The average Bonchev–Trinajstić information content (AvgIpc) is 2.60. The Labute approximate surface area is 96.3 Å². The molecule has 0 saturated heterocycles. The zero-order chi connectivity index (χ0) is 12.0. The maximum absolute atomic E-state index is 10.7. The predicted octanol–water partition coefficient (Wildman–Crippen LogP) is 2.63. The quantitative estimate of drug-likeness (QED) is 0.724. The molecule has 0 saturated carbocycles. The second-order valence-electron chi connectivity index (χ2n) is 4.11. The van der Waals surface area contributed by atoms with Crippen molar-refractivity contribution in [1.29, 1.82) is 0 Å². The van der Waals surface area contributed by atoms with Crippen LogP contribution < -0.4 is 0 Å². The molecule has 0 spiro atoms. The van der Waals surface area contributed by atoms with Crippen LogP contribution in [0.15, 0.2) is 6.07 Å². The van der Waals surface area contributed by atoms with Gasteiger partial charge in [-0.15, -0.1) is 0 Å². The summed E-state index contributed by atoms with van der Waals surface area (Å²) in [6.45, 7) is 2.19. The Morgan fingerprint density at radius 3 is 2.62 bits per heavy atom. The van der Waals surface area contributed by atoms with Gasteiger partial charge in [0.15, 0.2) is 5.69 Å². The van der Waals surface area contributed by atoms with Gasteiger partial charge in [0, 0.05) is 12.7 Å². The topological polar surface area (TPSA) is 55.1 Å². The highest BCUT2D eigenvalue weighted by Crippen LogP contribution is 2.10. The molecule has 0 amide bonds. The van der Waals surface area contributed by atoms with Crippen LogP contribution in [0.3, 0.4) is 0 Å². The number of carbonyl (C=O) groups is 1. The fourth-order valence-electron chi connectivity index (χ4n) is 1.75. The first-order valence-electron chi connectivity index (χ1n) is 5.91. The fourth-order valence-corrected chi connectivity index (χ4v) is 1.75. The lowest BCUT2D eigenvalue weighted by molar-refractivity contribution is 0.0689. The van der Waals surface area contributed by atoms with Crippen LogP contribution in [-0.2, 0) is 13.5 Å². The summed E-state index contributed by atoms with van der Waals surface area (Å²) in [4.78, 5) is 10.7. The Kier molecular flexibility index (Phi) is 5.02. The van der Waals surface area contributed by atoms with Gasteiger partial charge in [0.25, 0.3) is 0 Å². The van der Waals surface area contributed by atoms with Gasteiger partial charge in [-0.3, -0.25) is 4.68 Å². The summed E-state index contributed by atoms with van der Waals surface area (Å²) >= 11 is 0. The minimum atomic E-state index is -0.951. The van der Waals surface area contributed by atoms with Crippen molar-refractivity contribution in [3.05, 3.63) is 17.5 Å². The third kappa shape index (κ3) is 3.68. The molecule has 4 heteroatoms. The zero-order valence-electron chi connectivity index (χ0n) is 10.1. The van der Waals surface area contributed by atoms with E-state index in [4.69, 9.17) is 5.11 Å². The minimum absolute atomic E-state index is 0.144. The van der Waals surface area contributed by atoms with E-state index in [0.717, 1.165) is 18.5 Å². The maximum Gasteiger partial charge on any atom is 0.356 e. The molecule has 0 aromatic carbocycles. The molecule has 0 fully saturated rings. The smallest absolute Gasteiger partial charge is 0.356 e. The average molecular weight is 224 g/mol. The zero-order valence-corrected chi connectivity index (χ0v) is 10.1. The van der Waals surface area contributed by atoms with Gasteiger partial charge in [-0.25, -0.2) is 4.79 Å². The van der Waals surface area contributed by atoms with Gasteiger partial charge in [-0.1, -0.05) is 32.6 Å². The lowest BCUT2D eigenvalue weighted by Crippen LogP contribution is -2.00. The van der Waals surface area contributed by atoms with Gasteiger partial charge in [0.05, 0.1) is 0 Å². The Morgan fingerprint density at radius 2 is 2.06 bits per heavy atom. The van der Waals surface area contributed by atoms with Gasteiger partial charge in [-0.05, 0) is 18.9 Å². The molecule has 4 nitrogen and oxygen atoms in total. The van der Waals surface area contributed by atoms with Gasteiger partial charge in [0.2, 0.25) is 0 Å². The molecule has 0 radical (unpaired) electrons. The molecule has 16 heavy (non-hydrogen) atoms. The molecule has 0 aliphatic rings. The summed E-state index contributed by atoms with van der Waals surface area (Å²) in [5, 5.41) is 12.7. The van der Waals surface area contributed by atoms with Crippen molar-refractivity contribution in [1.82, 2.24) is 9.78 Å². The van der Waals surface area contributed by atoms with Crippen molar-refractivity contribution in [2.75, 3.05) is 0 Å². The molecule has 1 rings (SSSR count). The molecule has 90 valence electrons. The van der Waals surface area contributed by atoms with Crippen molar-refractivity contribution >= 4 is 5.97 Å². The second kappa shape index (κ2) is 6.30. The van der Waals surface area contributed by atoms with Crippen molar-refractivity contribution < 1.29 is 9.90 Å². The standard InChI is InChI=1S/C12H20N2O2/c1-3-4-5-6-7-8-10-9-11(12(15)16)13-14(10)2/h9H,3-8H2,1-2H3,(H,15,16). The number of hydrogen-bond acceptors (Lipinski definition) is 2. The van der Waals surface area contributed by atoms with E-state index in [0.29, 0.717) is 0 Å². The van der Waals surface area contributed by atoms with Crippen LogP contribution in [-0.4, -0.2) is 20.9 Å². The van der Waals surface area contributed by atoms with E-state index < -0.39 is 5.97 Å². The molecule has 0 atom stereocenters. The molecular weight excluding hydrogens is 204 g/mol. The van der Waals surface area contributed by atoms with Gasteiger partial charge in [0.1, 0.15) is 0 Å². The van der Waals surface area contributed by atoms with E-state index in [-0.39, 0.29) is 5.69 Å². The lowest BCUT2D eigenvalue weighted by Gasteiger charge is -2.01. The number of hydrogen-bond donors (Lipinski definition) is 1. The normalized spacial score (nSPS) is 10.6. The highest BCUT2D eigenvalue weighted by atomic mass is 16.4. The Hall–Kier alpha value is -1.32. The number of unbranched alkanes of at least 4 members (excludes halogenated alkanes) is 4. The fraction of sp³-hybridized carbons (Fsp3) is 0.667. The number of aromatic nitrogens is 2. The maximum atomic E-state index is 10.7. The van der Waals surface area contributed by atoms with Crippen molar-refractivity contribution in [3.63, 3.8) is 0 Å². The van der Waals surface area contributed by atoms with Gasteiger partial charge >= 0.3 is 5.97 Å². The van der Waals surface area contributed by atoms with Crippen LogP contribution in [0.4, 0.5) is 0 Å². The lowest BCUT2D eigenvalue weighted by atomic mass is 10.1. The number of nitrogens with zero attached hydrogens (tertiary/aromatic N) is 2. The summed E-state index contributed by atoms with van der Waals surface area (Å²) in [7, 11) is 1.80. The number of carboxylic acids is 1. The van der Waals surface area contributed by atoms with Crippen LogP contribution in [0, 0.1) is 0 Å². The monoisotopic (exact) mass is 224 g/mol. The first-order valence-corrected chi connectivity index (χ1v) is 5.91. The first-order chi connectivity index (χ1) is 7.65. The third-order valence-corrected chi connectivity index (χ3v) is 2.73. The number of rotatable bonds is 7. The molecule has 0 bridgehead atoms. The van der Waals surface area contributed by atoms with E-state index in [1.165, 1.54) is 25.7 Å².